The van der Waals surface area contributed by atoms with Gasteiger partial charge in [0, 0.05) is 30.2 Å². The standard InChI is InChI=1S/C30H34N2P2/c1-23-15-7-11-19-27(23)33(28-20-12-8-16-24(28)2)31(5)32(6)34(29-21-13-9-17-25(29)3)30-22-14-10-18-26(30)4/h7-22H,1-6H3. The van der Waals surface area contributed by atoms with Crippen LogP contribution in [0.4, 0.5) is 0 Å². The highest BCUT2D eigenvalue weighted by Gasteiger charge is 2.31. The molecular weight excluding hydrogens is 450 g/mol. The van der Waals surface area contributed by atoms with Gasteiger partial charge in [0.05, 0.1) is 0 Å². The lowest BCUT2D eigenvalue weighted by atomic mass is 10.2. The Bertz CT molecular complexity index is 1080. The average molecular weight is 485 g/mol. The van der Waals surface area contributed by atoms with Crippen molar-refractivity contribution in [2.75, 3.05) is 14.1 Å². The molecule has 0 spiro atoms. The molecule has 0 saturated carbocycles. The highest BCUT2D eigenvalue weighted by Crippen LogP contribution is 2.48. The Hall–Kier alpha value is -2.34. The molecule has 2 nitrogen and oxygen atoms in total. The van der Waals surface area contributed by atoms with Crippen LogP contribution in [0.2, 0.25) is 0 Å². The van der Waals surface area contributed by atoms with Crippen LogP contribution < -0.4 is 21.2 Å². The molecule has 0 heterocycles. The molecule has 34 heavy (non-hydrogen) atoms. The lowest BCUT2D eigenvalue weighted by Gasteiger charge is -2.42. The zero-order valence-corrected chi connectivity index (χ0v) is 22.8. The van der Waals surface area contributed by atoms with Gasteiger partial charge in [-0.2, -0.15) is 0 Å². The molecule has 0 radical (unpaired) electrons. The molecule has 0 aliphatic carbocycles. The third-order valence-electron chi connectivity index (χ3n) is 6.37. The number of hydrazine groups is 1. The third kappa shape index (κ3) is 5.02. The van der Waals surface area contributed by atoms with Gasteiger partial charge in [0.2, 0.25) is 0 Å². The SMILES string of the molecule is Cc1ccccc1P(c1ccccc1C)N(C)N(C)P(c1ccccc1C)c1ccccc1C. The summed E-state index contributed by atoms with van der Waals surface area (Å²) in [6, 6.07) is 35.4. The first kappa shape index (κ1) is 24.8. The van der Waals surface area contributed by atoms with Crippen molar-refractivity contribution in [1.29, 1.82) is 0 Å². The third-order valence-corrected chi connectivity index (χ3v) is 12.0. The van der Waals surface area contributed by atoms with Gasteiger partial charge in [-0.25, -0.2) is 9.56 Å². The summed E-state index contributed by atoms with van der Waals surface area (Å²) >= 11 is 0. The summed E-state index contributed by atoms with van der Waals surface area (Å²) in [5.74, 6) is 0. The minimum Gasteiger partial charge on any atom is -0.210 e. The van der Waals surface area contributed by atoms with E-state index in [2.05, 4.69) is 148 Å². The molecule has 0 aliphatic rings. The minimum atomic E-state index is -0.750. The summed E-state index contributed by atoms with van der Waals surface area (Å²) in [6.07, 6.45) is 0. The molecule has 0 atom stereocenters. The summed E-state index contributed by atoms with van der Waals surface area (Å²) in [5, 5.41) is 5.63. The molecule has 0 aromatic heterocycles. The first-order valence-corrected chi connectivity index (χ1v) is 14.3. The van der Waals surface area contributed by atoms with Crippen LogP contribution in [0, 0.1) is 27.7 Å². The predicted octanol–water partition coefficient (Wildman–Crippen LogP) is 6.09. The highest BCUT2D eigenvalue weighted by molar-refractivity contribution is 7.73. The van der Waals surface area contributed by atoms with Gasteiger partial charge in [-0.05, 0) is 71.2 Å². The van der Waals surface area contributed by atoms with Gasteiger partial charge in [0.25, 0.3) is 0 Å². The van der Waals surface area contributed by atoms with Gasteiger partial charge in [-0.1, -0.05) is 97.1 Å². The maximum Gasteiger partial charge on any atom is 0.0439 e. The number of hydrogen-bond donors (Lipinski definition) is 0. The molecule has 0 fully saturated rings. The van der Waals surface area contributed by atoms with Crippen molar-refractivity contribution in [2.45, 2.75) is 27.7 Å². The number of hydrogen-bond acceptors (Lipinski definition) is 2. The summed E-state index contributed by atoms with van der Waals surface area (Å²) in [6.45, 7) is 8.95. The van der Waals surface area contributed by atoms with E-state index in [9.17, 15) is 0 Å². The van der Waals surface area contributed by atoms with Gasteiger partial charge in [-0.15, -0.1) is 0 Å². The van der Waals surface area contributed by atoms with Crippen molar-refractivity contribution >= 4 is 37.4 Å². The van der Waals surface area contributed by atoms with Crippen LogP contribution in [0.5, 0.6) is 0 Å². The topological polar surface area (TPSA) is 6.48 Å². The fourth-order valence-electron chi connectivity index (χ4n) is 4.35. The van der Waals surface area contributed by atoms with Crippen LogP contribution in [0.3, 0.4) is 0 Å². The fourth-order valence-corrected chi connectivity index (χ4v) is 9.65. The number of nitrogens with zero attached hydrogens (tertiary/aromatic N) is 2. The summed E-state index contributed by atoms with van der Waals surface area (Å²) in [7, 11) is 3.05. The second-order valence-corrected chi connectivity index (χ2v) is 13.1. The van der Waals surface area contributed by atoms with Gasteiger partial charge in [-0.3, -0.25) is 0 Å². The lowest BCUT2D eigenvalue weighted by Crippen LogP contribution is -2.40. The highest BCUT2D eigenvalue weighted by atomic mass is 31.1. The molecule has 0 amide bonds. The Balaban J connectivity index is 1.88. The maximum absolute atomic E-state index is 2.52. The van der Waals surface area contributed by atoms with Crippen molar-refractivity contribution in [2.24, 2.45) is 0 Å². The molecule has 4 rings (SSSR count). The van der Waals surface area contributed by atoms with Crippen molar-refractivity contribution in [1.82, 2.24) is 9.56 Å². The molecule has 4 aromatic carbocycles. The van der Waals surface area contributed by atoms with E-state index in [1.807, 2.05) is 0 Å². The summed E-state index contributed by atoms with van der Waals surface area (Å²) in [5.41, 5.74) is 5.36. The molecule has 0 N–H and O–H groups in total. The van der Waals surface area contributed by atoms with Crippen molar-refractivity contribution in [3.8, 4) is 0 Å². The first-order valence-electron chi connectivity index (χ1n) is 11.7. The fraction of sp³-hybridized carbons (Fsp3) is 0.200. The molecule has 0 aliphatic heterocycles. The first-order chi connectivity index (χ1) is 16.4. The monoisotopic (exact) mass is 484 g/mol. The Labute approximate surface area is 207 Å². The molecule has 0 bridgehead atoms. The largest absolute Gasteiger partial charge is 0.210 e. The van der Waals surface area contributed by atoms with E-state index in [0.29, 0.717) is 0 Å². The summed E-state index contributed by atoms with van der Waals surface area (Å²) < 4.78 is 5.04. The Morgan fingerprint density at radius 1 is 0.382 bits per heavy atom. The van der Waals surface area contributed by atoms with E-state index in [1.165, 1.54) is 43.5 Å². The van der Waals surface area contributed by atoms with E-state index in [-0.39, 0.29) is 0 Å². The van der Waals surface area contributed by atoms with E-state index >= 15 is 0 Å². The van der Waals surface area contributed by atoms with Gasteiger partial charge in [0.15, 0.2) is 0 Å². The number of rotatable bonds is 7. The van der Waals surface area contributed by atoms with Gasteiger partial charge < -0.3 is 0 Å². The van der Waals surface area contributed by atoms with Crippen molar-refractivity contribution in [3.05, 3.63) is 119 Å². The van der Waals surface area contributed by atoms with Crippen LogP contribution in [-0.4, -0.2) is 23.7 Å². The normalized spacial score (nSPS) is 11.7. The Morgan fingerprint density at radius 3 is 0.794 bits per heavy atom. The van der Waals surface area contributed by atoms with Gasteiger partial charge in [0.1, 0.15) is 0 Å². The molecular formula is C30H34N2P2. The number of aryl methyl sites for hydroxylation is 4. The van der Waals surface area contributed by atoms with Crippen LogP contribution in [0.1, 0.15) is 22.3 Å². The maximum atomic E-state index is 2.52. The van der Waals surface area contributed by atoms with Crippen LogP contribution in [0.25, 0.3) is 0 Å². The number of benzene rings is 4. The summed E-state index contributed by atoms with van der Waals surface area (Å²) in [4.78, 5) is 0. The zero-order valence-electron chi connectivity index (χ0n) is 21.0. The molecule has 174 valence electrons. The minimum absolute atomic E-state index is 0.750. The van der Waals surface area contributed by atoms with Crippen molar-refractivity contribution < 1.29 is 0 Å². The predicted molar refractivity (Wildman–Crippen MR) is 153 cm³/mol. The van der Waals surface area contributed by atoms with E-state index < -0.39 is 16.1 Å². The van der Waals surface area contributed by atoms with E-state index in [0.717, 1.165) is 0 Å². The molecule has 0 unspecified atom stereocenters. The van der Waals surface area contributed by atoms with E-state index in [4.69, 9.17) is 0 Å². The van der Waals surface area contributed by atoms with Crippen LogP contribution in [0.15, 0.2) is 97.1 Å². The van der Waals surface area contributed by atoms with Crippen LogP contribution in [-0.2, 0) is 0 Å². The van der Waals surface area contributed by atoms with Crippen LogP contribution >= 0.6 is 16.1 Å². The zero-order chi connectivity index (χ0) is 24.2. The molecule has 4 heteroatoms. The van der Waals surface area contributed by atoms with Crippen molar-refractivity contribution in [3.63, 3.8) is 0 Å². The Morgan fingerprint density at radius 2 is 0.588 bits per heavy atom. The molecule has 0 saturated heterocycles. The van der Waals surface area contributed by atoms with E-state index in [1.54, 1.807) is 0 Å². The smallest absolute Gasteiger partial charge is 0.0439 e. The second-order valence-electron chi connectivity index (χ2n) is 8.75. The lowest BCUT2D eigenvalue weighted by molar-refractivity contribution is 0.271. The average Bonchev–Trinajstić information content (AvgIpc) is 2.84. The Kier molecular flexibility index (Phi) is 7.97. The van der Waals surface area contributed by atoms with Gasteiger partial charge >= 0.3 is 0 Å². The second kappa shape index (κ2) is 10.9. The molecule has 4 aromatic rings. The quantitative estimate of drug-likeness (QED) is 0.231.